The van der Waals surface area contributed by atoms with Crippen molar-refractivity contribution >= 4 is 5.91 Å². The molecular weight excluding hydrogens is 168 g/mol. The smallest absolute Gasteiger partial charge is 0.240 e. The average Bonchev–Trinajstić information content (AvgIpc) is 2.53. The molecule has 4 N–H and O–H groups in total. The summed E-state index contributed by atoms with van der Waals surface area (Å²) in [7, 11) is 0. The molecule has 1 aliphatic carbocycles. The SMILES string of the molecule is CC(CO)NC(=O)C1(N)CCCC1. The van der Waals surface area contributed by atoms with E-state index in [4.69, 9.17) is 10.8 Å². The van der Waals surface area contributed by atoms with Gasteiger partial charge in [0.2, 0.25) is 5.91 Å². The van der Waals surface area contributed by atoms with Gasteiger partial charge >= 0.3 is 0 Å². The molecule has 4 nitrogen and oxygen atoms in total. The topological polar surface area (TPSA) is 75.3 Å². The number of carbonyl (C=O) groups excluding carboxylic acids is 1. The molecule has 1 saturated carbocycles. The summed E-state index contributed by atoms with van der Waals surface area (Å²) >= 11 is 0. The number of nitrogens with one attached hydrogen (secondary N) is 1. The second-order valence-corrected chi connectivity index (χ2v) is 3.92. The molecule has 13 heavy (non-hydrogen) atoms. The molecule has 0 aromatic heterocycles. The molecule has 0 spiro atoms. The molecule has 1 atom stereocenters. The Morgan fingerprint density at radius 1 is 1.62 bits per heavy atom. The van der Waals surface area contributed by atoms with Crippen molar-refractivity contribution in [1.82, 2.24) is 5.32 Å². The third-order valence-corrected chi connectivity index (χ3v) is 2.60. The highest BCUT2D eigenvalue weighted by molar-refractivity contribution is 5.86. The van der Waals surface area contributed by atoms with E-state index in [1.165, 1.54) is 0 Å². The molecule has 0 aromatic rings. The van der Waals surface area contributed by atoms with Gasteiger partial charge in [-0.3, -0.25) is 4.79 Å². The monoisotopic (exact) mass is 186 g/mol. The highest BCUT2D eigenvalue weighted by Crippen LogP contribution is 2.27. The van der Waals surface area contributed by atoms with E-state index in [9.17, 15) is 4.79 Å². The van der Waals surface area contributed by atoms with Crippen LogP contribution in [0.2, 0.25) is 0 Å². The molecule has 0 saturated heterocycles. The number of nitrogens with two attached hydrogens (primary N) is 1. The number of aliphatic hydroxyl groups is 1. The quantitative estimate of drug-likeness (QED) is 0.569. The summed E-state index contributed by atoms with van der Waals surface area (Å²) in [5.74, 6) is -0.119. The molecule has 0 aliphatic heterocycles. The molecule has 0 bridgehead atoms. The van der Waals surface area contributed by atoms with Crippen molar-refractivity contribution in [2.24, 2.45) is 5.73 Å². The van der Waals surface area contributed by atoms with Crippen LogP contribution in [0.1, 0.15) is 32.6 Å². The van der Waals surface area contributed by atoms with Gasteiger partial charge in [0.25, 0.3) is 0 Å². The van der Waals surface area contributed by atoms with Crippen molar-refractivity contribution in [3.8, 4) is 0 Å². The Morgan fingerprint density at radius 3 is 2.62 bits per heavy atom. The largest absolute Gasteiger partial charge is 0.394 e. The van der Waals surface area contributed by atoms with Crippen molar-refractivity contribution in [2.75, 3.05) is 6.61 Å². The number of hydrogen-bond donors (Lipinski definition) is 3. The normalized spacial score (nSPS) is 22.7. The Labute approximate surface area is 78.5 Å². The Hall–Kier alpha value is -0.610. The molecule has 1 rings (SSSR count). The first-order valence-corrected chi connectivity index (χ1v) is 4.79. The van der Waals surface area contributed by atoms with E-state index in [1.807, 2.05) is 0 Å². The summed E-state index contributed by atoms with van der Waals surface area (Å²) in [5, 5.41) is 11.5. The fourth-order valence-electron chi connectivity index (χ4n) is 1.65. The zero-order valence-electron chi connectivity index (χ0n) is 8.05. The van der Waals surface area contributed by atoms with Crippen molar-refractivity contribution in [1.29, 1.82) is 0 Å². The number of carbonyl (C=O) groups is 1. The summed E-state index contributed by atoms with van der Waals surface area (Å²) in [4.78, 5) is 11.6. The number of aliphatic hydroxyl groups excluding tert-OH is 1. The van der Waals surface area contributed by atoms with Gasteiger partial charge in [0.05, 0.1) is 12.1 Å². The van der Waals surface area contributed by atoms with E-state index < -0.39 is 5.54 Å². The minimum absolute atomic E-state index is 0.0399. The first-order chi connectivity index (χ1) is 6.08. The summed E-state index contributed by atoms with van der Waals surface area (Å²) in [5.41, 5.74) is 5.23. The first-order valence-electron chi connectivity index (χ1n) is 4.79. The number of hydrogen-bond acceptors (Lipinski definition) is 3. The predicted molar refractivity (Wildman–Crippen MR) is 50.1 cm³/mol. The molecule has 0 aromatic carbocycles. The van der Waals surface area contributed by atoms with Crippen molar-refractivity contribution in [2.45, 2.75) is 44.2 Å². The highest BCUT2D eigenvalue weighted by atomic mass is 16.3. The van der Waals surface area contributed by atoms with Crippen LogP contribution in [0.3, 0.4) is 0 Å². The van der Waals surface area contributed by atoms with E-state index in [1.54, 1.807) is 6.92 Å². The van der Waals surface area contributed by atoms with Gasteiger partial charge < -0.3 is 16.2 Å². The molecule has 76 valence electrons. The second kappa shape index (κ2) is 4.07. The molecule has 1 aliphatic rings. The summed E-state index contributed by atoms with van der Waals surface area (Å²) in [6, 6.07) is -0.200. The molecule has 0 heterocycles. The molecule has 1 amide bonds. The van der Waals surface area contributed by atoms with Crippen LogP contribution in [0.15, 0.2) is 0 Å². The Kier molecular flexibility index (Phi) is 3.27. The van der Waals surface area contributed by atoms with Crippen molar-refractivity contribution in [3.05, 3.63) is 0 Å². The van der Waals surface area contributed by atoms with Crippen LogP contribution < -0.4 is 11.1 Å². The van der Waals surface area contributed by atoms with Crippen LogP contribution in [-0.4, -0.2) is 29.2 Å². The molecule has 0 radical (unpaired) electrons. The van der Waals surface area contributed by atoms with Gasteiger partial charge in [-0.1, -0.05) is 12.8 Å². The van der Waals surface area contributed by atoms with Crippen LogP contribution >= 0.6 is 0 Å². The molecule has 4 heteroatoms. The van der Waals surface area contributed by atoms with Gasteiger partial charge in [0.15, 0.2) is 0 Å². The summed E-state index contributed by atoms with van der Waals surface area (Å²) in [6.45, 7) is 1.72. The van der Waals surface area contributed by atoms with Gasteiger partial charge in [-0.05, 0) is 19.8 Å². The first kappa shape index (κ1) is 10.5. The fourth-order valence-corrected chi connectivity index (χ4v) is 1.65. The van der Waals surface area contributed by atoms with Gasteiger partial charge in [-0.25, -0.2) is 0 Å². The number of amides is 1. The lowest BCUT2D eigenvalue weighted by molar-refractivity contribution is -0.127. The molecular formula is C9H18N2O2. The standard InChI is InChI=1S/C9H18N2O2/c1-7(6-12)11-8(13)9(10)4-2-3-5-9/h7,12H,2-6,10H2,1H3,(H,11,13). The predicted octanol–water partition coefficient (Wildman–Crippen LogP) is -0.245. The maximum atomic E-state index is 11.6. The van der Waals surface area contributed by atoms with Gasteiger partial charge in [0.1, 0.15) is 0 Å². The Balaban J connectivity index is 2.46. The van der Waals surface area contributed by atoms with Crippen LogP contribution in [-0.2, 0) is 4.79 Å². The lowest BCUT2D eigenvalue weighted by Gasteiger charge is -2.24. The maximum absolute atomic E-state index is 11.6. The van der Waals surface area contributed by atoms with Gasteiger partial charge in [-0.15, -0.1) is 0 Å². The molecule has 1 unspecified atom stereocenters. The Bertz CT molecular complexity index is 188. The van der Waals surface area contributed by atoms with Crippen LogP contribution in [0.4, 0.5) is 0 Å². The third kappa shape index (κ3) is 2.42. The van der Waals surface area contributed by atoms with E-state index in [2.05, 4.69) is 5.32 Å². The molecule has 1 fully saturated rings. The van der Waals surface area contributed by atoms with Gasteiger partial charge in [-0.2, -0.15) is 0 Å². The fraction of sp³-hybridized carbons (Fsp3) is 0.889. The van der Waals surface area contributed by atoms with Crippen LogP contribution in [0.5, 0.6) is 0 Å². The summed E-state index contributed by atoms with van der Waals surface area (Å²) in [6.07, 6.45) is 3.57. The summed E-state index contributed by atoms with van der Waals surface area (Å²) < 4.78 is 0. The third-order valence-electron chi connectivity index (χ3n) is 2.60. The van der Waals surface area contributed by atoms with Crippen molar-refractivity contribution in [3.63, 3.8) is 0 Å². The maximum Gasteiger partial charge on any atom is 0.240 e. The highest BCUT2D eigenvalue weighted by Gasteiger charge is 2.37. The van der Waals surface area contributed by atoms with E-state index in [0.29, 0.717) is 0 Å². The van der Waals surface area contributed by atoms with Gasteiger partial charge in [0, 0.05) is 6.04 Å². The van der Waals surface area contributed by atoms with Crippen molar-refractivity contribution < 1.29 is 9.90 Å². The van der Waals surface area contributed by atoms with Crippen LogP contribution in [0.25, 0.3) is 0 Å². The van der Waals surface area contributed by atoms with E-state index in [0.717, 1.165) is 25.7 Å². The zero-order valence-corrected chi connectivity index (χ0v) is 8.05. The number of rotatable bonds is 3. The minimum atomic E-state index is -0.677. The lowest BCUT2D eigenvalue weighted by Crippen LogP contribution is -2.54. The lowest BCUT2D eigenvalue weighted by atomic mass is 9.98. The van der Waals surface area contributed by atoms with E-state index in [-0.39, 0.29) is 18.6 Å². The van der Waals surface area contributed by atoms with Crippen LogP contribution in [0, 0.1) is 0 Å². The van der Waals surface area contributed by atoms with E-state index >= 15 is 0 Å². The average molecular weight is 186 g/mol. The second-order valence-electron chi connectivity index (χ2n) is 3.92. The Morgan fingerprint density at radius 2 is 2.15 bits per heavy atom. The zero-order chi connectivity index (χ0) is 9.90. The minimum Gasteiger partial charge on any atom is -0.394 e.